The van der Waals surface area contributed by atoms with Gasteiger partial charge < -0.3 is 14.6 Å². The Morgan fingerprint density at radius 1 is 1.22 bits per heavy atom. The maximum atomic E-state index is 12.9. The molecule has 0 amide bonds. The van der Waals surface area contributed by atoms with Crippen LogP contribution in [0.4, 0.5) is 0 Å². The number of hydrogen-bond acceptors (Lipinski definition) is 5. The van der Waals surface area contributed by atoms with Gasteiger partial charge in [0.05, 0.1) is 23.8 Å². The van der Waals surface area contributed by atoms with Gasteiger partial charge in [-0.05, 0) is 60.7 Å². The smallest absolute Gasteiger partial charge is 0.166 e. The Balaban J connectivity index is 1.44. The molecule has 184 valence electrons. The lowest BCUT2D eigenvalue weighted by Gasteiger charge is -2.62. The number of nitrogens with zero attached hydrogens (tertiary/aromatic N) is 2. The van der Waals surface area contributed by atoms with E-state index in [2.05, 4.69) is 30.5 Å². The number of rotatable bonds is 4. The van der Waals surface area contributed by atoms with Gasteiger partial charge in [0.1, 0.15) is 0 Å². The first-order chi connectivity index (χ1) is 17.4. The first-order valence-electron chi connectivity index (χ1n) is 12.6. The number of methoxy groups -OCH3 is 1. The second kappa shape index (κ2) is 7.58. The normalized spacial score (nSPS) is 29.2. The van der Waals surface area contributed by atoms with Gasteiger partial charge in [-0.1, -0.05) is 42.0 Å². The van der Waals surface area contributed by atoms with E-state index in [1.807, 2.05) is 36.5 Å². The number of piperidine rings is 1. The molecule has 7 rings (SSSR count). The zero-order valence-electron chi connectivity index (χ0n) is 20.6. The van der Waals surface area contributed by atoms with E-state index in [9.17, 15) is 5.11 Å². The van der Waals surface area contributed by atoms with Crippen LogP contribution in [0.5, 0.6) is 11.5 Å². The van der Waals surface area contributed by atoms with Crippen molar-refractivity contribution >= 4 is 11.6 Å². The van der Waals surface area contributed by atoms with Crippen LogP contribution in [0.2, 0.25) is 5.02 Å². The lowest BCUT2D eigenvalue weighted by Crippen LogP contribution is -2.74. The minimum atomic E-state index is -0.997. The van der Waals surface area contributed by atoms with Crippen LogP contribution in [0.1, 0.15) is 41.8 Å². The Labute approximate surface area is 216 Å². The van der Waals surface area contributed by atoms with Crippen molar-refractivity contribution in [3.05, 3.63) is 88.2 Å². The number of benzene rings is 2. The van der Waals surface area contributed by atoms with Crippen LogP contribution in [-0.4, -0.2) is 46.8 Å². The molecule has 1 aromatic heterocycles. The number of ether oxygens (including phenoxy) is 2. The van der Waals surface area contributed by atoms with Gasteiger partial charge in [-0.3, -0.25) is 9.88 Å². The average Bonchev–Trinajstić information content (AvgIpc) is 3.21. The fourth-order valence-electron chi connectivity index (χ4n) is 7.48. The van der Waals surface area contributed by atoms with Crippen LogP contribution < -0.4 is 9.47 Å². The zero-order valence-corrected chi connectivity index (χ0v) is 21.3. The molecule has 6 heteroatoms. The fourth-order valence-corrected chi connectivity index (χ4v) is 7.60. The maximum Gasteiger partial charge on any atom is 0.166 e. The molecule has 1 saturated heterocycles. The second-order valence-corrected chi connectivity index (χ2v) is 11.3. The largest absolute Gasteiger partial charge is 0.493 e. The van der Waals surface area contributed by atoms with E-state index in [4.69, 9.17) is 26.1 Å². The zero-order chi connectivity index (χ0) is 24.8. The summed E-state index contributed by atoms with van der Waals surface area (Å²) >= 11 is 6.12. The number of aromatic nitrogens is 1. The number of aliphatic hydroxyl groups is 1. The van der Waals surface area contributed by atoms with E-state index in [0.717, 1.165) is 71.0 Å². The molecule has 1 spiro atoms. The average molecular weight is 501 g/mol. The summed E-state index contributed by atoms with van der Waals surface area (Å²) in [6.45, 7) is 7.90. The SMILES string of the molecule is C=C(C)CN1CC[C@]23c4c5ccc(OC)c4OC2c2ncc(-c4ccc(Cl)cc4)cc2C[C@@]3(O)C1C5. The molecule has 1 N–H and O–H groups in total. The fraction of sp³-hybridized carbons (Fsp3) is 0.367. The first kappa shape index (κ1) is 22.3. The summed E-state index contributed by atoms with van der Waals surface area (Å²) in [5, 5.41) is 13.6. The standard InChI is InChI=1S/C30H29ClN2O3/c1-17(2)16-33-11-10-29-25-19-6-9-23(35-3)27(25)36-28(29)26-20(14-30(29,34)24(33)13-19)12-21(15-32-26)18-4-7-22(31)8-5-18/h4-9,12,15,24,28,34H,1,10-11,13-14,16H2,2-3H3/t24?,28?,29-,30+/m0/s1. The molecule has 2 aliphatic carbocycles. The van der Waals surface area contributed by atoms with E-state index in [1.54, 1.807) is 7.11 Å². The van der Waals surface area contributed by atoms with Crippen molar-refractivity contribution in [3.63, 3.8) is 0 Å². The van der Waals surface area contributed by atoms with Gasteiger partial charge in [0.25, 0.3) is 0 Å². The molecule has 0 saturated carbocycles. The molecule has 3 heterocycles. The van der Waals surface area contributed by atoms with E-state index in [-0.39, 0.29) is 12.1 Å². The Kier molecular flexibility index (Phi) is 4.70. The third kappa shape index (κ3) is 2.77. The number of likely N-dealkylation sites (tertiary alicyclic amines) is 1. The molecule has 36 heavy (non-hydrogen) atoms. The molecule has 5 nitrogen and oxygen atoms in total. The van der Waals surface area contributed by atoms with Crippen LogP contribution in [0, 0.1) is 0 Å². The van der Waals surface area contributed by atoms with Crippen LogP contribution in [-0.2, 0) is 18.3 Å². The highest BCUT2D eigenvalue weighted by molar-refractivity contribution is 6.30. The number of hydrogen-bond donors (Lipinski definition) is 1. The number of fused-ring (bicyclic) bond motifs is 2. The van der Waals surface area contributed by atoms with Crippen molar-refractivity contribution in [2.75, 3.05) is 20.2 Å². The van der Waals surface area contributed by atoms with Crippen molar-refractivity contribution < 1.29 is 14.6 Å². The van der Waals surface area contributed by atoms with Gasteiger partial charge in [0.2, 0.25) is 0 Å². The quantitative estimate of drug-likeness (QED) is 0.494. The summed E-state index contributed by atoms with van der Waals surface area (Å²) in [6.07, 6.45) is 3.66. The van der Waals surface area contributed by atoms with Gasteiger partial charge in [-0.25, -0.2) is 0 Å². The Morgan fingerprint density at radius 3 is 2.78 bits per heavy atom. The van der Waals surface area contributed by atoms with Gasteiger partial charge in [0.15, 0.2) is 17.6 Å². The highest BCUT2D eigenvalue weighted by Gasteiger charge is 2.72. The van der Waals surface area contributed by atoms with E-state index < -0.39 is 11.0 Å². The van der Waals surface area contributed by atoms with Crippen LogP contribution in [0.15, 0.2) is 60.8 Å². The molecular weight excluding hydrogens is 472 g/mol. The maximum absolute atomic E-state index is 12.9. The minimum Gasteiger partial charge on any atom is -0.493 e. The third-order valence-electron chi connectivity index (χ3n) is 8.89. The van der Waals surface area contributed by atoms with Gasteiger partial charge in [0, 0.05) is 47.9 Å². The van der Waals surface area contributed by atoms with Crippen molar-refractivity contribution in [1.82, 2.24) is 9.88 Å². The summed E-state index contributed by atoms with van der Waals surface area (Å²) < 4.78 is 12.5. The van der Waals surface area contributed by atoms with Crippen LogP contribution in [0.25, 0.3) is 11.1 Å². The second-order valence-electron chi connectivity index (χ2n) is 10.9. The van der Waals surface area contributed by atoms with E-state index in [0.29, 0.717) is 11.4 Å². The Bertz CT molecular complexity index is 1420. The molecule has 2 aliphatic heterocycles. The van der Waals surface area contributed by atoms with E-state index in [1.165, 1.54) is 5.56 Å². The monoisotopic (exact) mass is 500 g/mol. The van der Waals surface area contributed by atoms with E-state index >= 15 is 0 Å². The summed E-state index contributed by atoms with van der Waals surface area (Å²) in [4.78, 5) is 7.42. The predicted molar refractivity (Wildman–Crippen MR) is 140 cm³/mol. The highest BCUT2D eigenvalue weighted by Crippen LogP contribution is 2.68. The lowest BCUT2D eigenvalue weighted by atomic mass is 9.49. The van der Waals surface area contributed by atoms with Crippen molar-refractivity contribution in [1.29, 1.82) is 0 Å². The summed E-state index contributed by atoms with van der Waals surface area (Å²) in [7, 11) is 1.68. The molecule has 1 fully saturated rings. The molecule has 2 bridgehead atoms. The highest BCUT2D eigenvalue weighted by atomic mass is 35.5. The first-order valence-corrected chi connectivity index (χ1v) is 13.0. The summed E-state index contributed by atoms with van der Waals surface area (Å²) in [5.74, 6) is 1.50. The van der Waals surface area contributed by atoms with Gasteiger partial charge >= 0.3 is 0 Å². The van der Waals surface area contributed by atoms with Crippen molar-refractivity contribution in [2.24, 2.45) is 0 Å². The third-order valence-corrected chi connectivity index (χ3v) is 9.14. The van der Waals surface area contributed by atoms with Crippen LogP contribution >= 0.6 is 11.6 Å². The molecule has 3 aromatic rings. The van der Waals surface area contributed by atoms with Crippen molar-refractivity contribution in [2.45, 2.75) is 49.3 Å². The lowest BCUT2D eigenvalue weighted by molar-refractivity contribution is -0.171. The van der Waals surface area contributed by atoms with Gasteiger partial charge in [-0.2, -0.15) is 0 Å². The molecule has 4 atom stereocenters. The molecule has 0 radical (unpaired) electrons. The number of halogens is 1. The summed E-state index contributed by atoms with van der Waals surface area (Å²) in [5.41, 5.74) is 5.97. The Morgan fingerprint density at radius 2 is 2.03 bits per heavy atom. The number of pyridine rings is 1. The summed E-state index contributed by atoms with van der Waals surface area (Å²) in [6, 6.07) is 14.1. The minimum absolute atomic E-state index is 0.0340. The Hall–Kier alpha value is -2.86. The predicted octanol–water partition coefficient (Wildman–Crippen LogP) is 5.28. The van der Waals surface area contributed by atoms with Crippen molar-refractivity contribution in [3.8, 4) is 22.6 Å². The van der Waals surface area contributed by atoms with Gasteiger partial charge in [-0.15, -0.1) is 0 Å². The molecule has 4 aliphatic rings. The molecular formula is C30H29ClN2O3. The van der Waals surface area contributed by atoms with Crippen LogP contribution in [0.3, 0.4) is 0 Å². The molecule has 2 aromatic carbocycles. The topological polar surface area (TPSA) is 54.8 Å². The molecule has 2 unspecified atom stereocenters.